The Balaban J connectivity index is 1.40. The molecule has 2 aromatic carbocycles. The van der Waals surface area contributed by atoms with Gasteiger partial charge in [0.25, 0.3) is 5.56 Å². The molecule has 0 saturated heterocycles. The molecule has 13 heteroatoms. The van der Waals surface area contributed by atoms with E-state index in [2.05, 4.69) is 25.0 Å². The lowest BCUT2D eigenvalue weighted by molar-refractivity contribution is 0.607. The van der Waals surface area contributed by atoms with Gasteiger partial charge in [-0.05, 0) is 55.8 Å². The molecule has 208 valence electrons. The van der Waals surface area contributed by atoms with Crippen molar-refractivity contribution in [3.05, 3.63) is 101 Å². The van der Waals surface area contributed by atoms with E-state index in [9.17, 15) is 13.2 Å². The average Bonchev–Trinajstić information content (AvgIpc) is 3.52. The number of anilines is 2. The topological polar surface area (TPSA) is 139 Å². The molecule has 4 heterocycles. The van der Waals surface area contributed by atoms with Crippen LogP contribution in [-0.2, 0) is 10.0 Å². The van der Waals surface area contributed by atoms with E-state index >= 15 is 0 Å². The van der Waals surface area contributed by atoms with E-state index in [-0.39, 0.29) is 5.56 Å². The molecular weight excluding hydrogens is 560 g/mol. The molecule has 6 aromatic rings. The zero-order chi connectivity index (χ0) is 28.7. The zero-order valence-corrected chi connectivity index (χ0v) is 24.0. The van der Waals surface area contributed by atoms with E-state index in [0.717, 1.165) is 27.0 Å². The number of hydrogen-bond donors (Lipinski definition) is 3. The number of rotatable bonds is 8. The molecule has 1 atom stereocenters. The fourth-order valence-corrected chi connectivity index (χ4v) is 6.25. The largest absolute Gasteiger partial charge is 0.360 e. The maximum absolute atomic E-state index is 13.7. The number of sulfonamides is 1. The highest BCUT2D eigenvalue weighted by Gasteiger charge is 2.22. The molecule has 6 rings (SSSR count). The second kappa shape index (κ2) is 10.4. The van der Waals surface area contributed by atoms with Gasteiger partial charge < -0.3 is 10.3 Å². The van der Waals surface area contributed by atoms with Crippen LogP contribution in [0.4, 0.5) is 11.5 Å². The summed E-state index contributed by atoms with van der Waals surface area (Å²) in [5.41, 5.74) is 3.03. The van der Waals surface area contributed by atoms with Crippen LogP contribution in [0, 0.1) is 6.92 Å². The molecule has 0 aliphatic heterocycles. The molecule has 0 bridgehead atoms. The monoisotopic (exact) mass is 586 g/mol. The number of aromatic nitrogens is 6. The molecule has 0 spiro atoms. The number of fused-ring (bicyclic) bond motifs is 2. The molecular formula is C28H26N8O3S2. The summed E-state index contributed by atoms with van der Waals surface area (Å²) in [4.78, 5) is 27.5. The maximum atomic E-state index is 13.7. The number of nitrogens with zero attached hydrogens (tertiary/aromatic N) is 5. The van der Waals surface area contributed by atoms with Crippen LogP contribution in [0.25, 0.3) is 22.2 Å². The molecule has 0 unspecified atom stereocenters. The minimum Gasteiger partial charge on any atom is -0.360 e. The minimum absolute atomic E-state index is 0.161. The highest BCUT2D eigenvalue weighted by atomic mass is 32.2. The minimum atomic E-state index is -3.40. The Bertz CT molecular complexity index is 2070. The number of hydrogen-bond acceptors (Lipinski definition) is 8. The van der Waals surface area contributed by atoms with Crippen molar-refractivity contribution < 1.29 is 8.42 Å². The van der Waals surface area contributed by atoms with Crippen molar-refractivity contribution in [2.24, 2.45) is 0 Å². The maximum Gasteiger partial charge on any atom is 0.282 e. The lowest BCUT2D eigenvalue weighted by atomic mass is 10.2. The predicted octanol–water partition coefficient (Wildman–Crippen LogP) is 4.76. The molecule has 0 saturated carbocycles. The van der Waals surface area contributed by atoms with Crippen molar-refractivity contribution in [3.63, 3.8) is 0 Å². The van der Waals surface area contributed by atoms with Crippen molar-refractivity contribution in [1.29, 1.82) is 0 Å². The number of H-pyrrole nitrogens is 1. The number of nitrogens with one attached hydrogen (secondary N) is 3. The van der Waals surface area contributed by atoms with Gasteiger partial charge in [-0.2, -0.15) is 5.10 Å². The summed E-state index contributed by atoms with van der Waals surface area (Å²) in [6.07, 6.45) is 6.21. The number of para-hydroxylation sites is 1. The molecule has 41 heavy (non-hydrogen) atoms. The Morgan fingerprint density at radius 1 is 1.05 bits per heavy atom. The Morgan fingerprint density at radius 3 is 2.63 bits per heavy atom. The smallest absolute Gasteiger partial charge is 0.282 e. The van der Waals surface area contributed by atoms with Crippen molar-refractivity contribution >= 4 is 49.8 Å². The van der Waals surface area contributed by atoms with Crippen molar-refractivity contribution in [1.82, 2.24) is 29.1 Å². The van der Waals surface area contributed by atoms with Crippen molar-refractivity contribution in [2.45, 2.75) is 29.7 Å². The highest BCUT2D eigenvalue weighted by Crippen LogP contribution is 2.37. The van der Waals surface area contributed by atoms with E-state index in [4.69, 9.17) is 5.10 Å². The molecule has 4 aromatic heterocycles. The molecule has 0 fully saturated rings. The normalized spacial score (nSPS) is 12.6. The molecule has 0 radical (unpaired) electrons. The molecule has 0 aliphatic rings. The zero-order valence-electron chi connectivity index (χ0n) is 22.4. The summed E-state index contributed by atoms with van der Waals surface area (Å²) in [5.74, 6) is 1.08. The van der Waals surface area contributed by atoms with Gasteiger partial charge >= 0.3 is 0 Å². The van der Waals surface area contributed by atoms with E-state index in [0.29, 0.717) is 34.2 Å². The van der Waals surface area contributed by atoms with E-state index in [1.54, 1.807) is 33.5 Å². The third kappa shape index (κ3) is 5.28. The van der Waals surface area contributed by atoms with Gasteiger partial charge in [-0.25, -0.2) is 22.9 Å². The van der Waals surface area contributed by atoms with Gasteiger partial charge in [0.1, 0.15) is 23.3 Å². The quantitative estimate of drug-likeness (QED) is 0.232. The van der Waals surface area contributed by atoms with Gasteiger partial charge in [0.2, 0.25) is 10.0 Å². The lowest BCUT2D eigenvalue weighted by Gasteiger charge is -2.20. The second-order valence-corrected chi connectivity index (χ2v) is 12.5. The fraction of sp³-hybridized carbons (Fsp3) is 0.143. The predicted molar refractivity (Wildman–Crippen MR) is 160 cm³/mol. The van der Waals surface area contributed by atoms with Crippen molar-refractivity contribution in [2.75, 3.05) is 16.3 Å². The molecule has 0 amide bonds. The highest BCUT2D eigenvalue weighted by molar-refractivity contribution is 7.99. The first-order valence-corrected chi connectivity index (χ1v) is 15.4. The Kier molecular flexibility index (Phi) is 6.75. The molecule has 0 aliphatic carbocycles. The standard InChI is InChI=1S/C28H26N8O3S2/c1-17-12-13-35-24(17)28(37)36(20-9-5-4-6-10-20)27(33-35)18(2)32-26-23-22(15-29-25(23)30-16-31-26)40-21-11-7-8-19(14-21)34-41(3,38)39/h4-16,18,34H,1-3H3,(H2,29,30,31,32)/t18-/m0/s1. The first kappa shape index (κ1) is 26.6. The van der Waals surface area contributed by atoms with E-state index < -0.39 is 16.1 Å². The molecule has 3 N–H and O–H groups in total. The van der Waals surface area contributed by atoms with Crippen LogP contribution in [0.3, 0.4) is 0 Å². The summed E-state index contributed by atoms with van der Waals surface area (Å²) in [7, 11) is -3.40. The summed E-state index contributed by atoms with van der Waals surface area (Å²) >= 11 is 1.45. The fourth-order valence-electron chi connectivity index (χ4n) is 4.70. The van der Waals surface area contributed by atoms with Gasteiger partial charge in [-0.3, -0.25) is 14.1 Å². The van der Waals surface area contributed by atoms with Gasteiger partial charge in [-0.15, -0.1) is 0 Å². The Labute approximate surface area is 239 Å². The van der Waals surface area contributed by atoms with Gasteiger partial charge in [0.15, 0.2) is 5.82 Å². The third-order valence-corrected chi connectivity index (χ3v) is 8.10. The summed E-state index contributed by atoms with van der Waals surface area (Å²) in [5, 5.41) is 9.05. The number of aryl methyl sites for hydroxylation is 1. The van der Waals surface area contributed by atoms with Crippen LogP contribution in [0.2, 0.25) is 0 Å². The first-order valence-electron chi connectivity index (χ1n) is 12.7. The summed E-state index contributed by atoms with van der Waals surface area (Å²) < 4.78 is 29.2. The number of aromatic amines is 1. The van der Waals surface area contributed by atoms with E-state index in [1.165, 1.54) is 18.1 Å². The van der Waals surface area contributed by atoms with E-state index in [1.807, 2.05) is 62.5 Å². The van der Waals surface area contributed by atoms with Crippen LogP contribution in [-0.4, -0.2) is 43.8 Å². The summed E-state index contributed by atoms with van der Waals surface area (Å²) in [6.45, 7) is 3.82. The Hall–Kier alpha value is -4.62. The van der Waals surface area contributed by atoms with Gasteiger partial charge in [-0.1, -0.05) is 36.0 Å². The summed E-state index contributed by atoms with van der Waals surface area (Å²) in [6, 6.07) is 18.0. The first-order chi connectivity index (χ1) is 19.7. The van der Waals surface area contributed by atoms with Crippen LogP contribution in [0.1, 0.15) is 24.4 Å². The third-order valence-electron chi connectivity index (χ3n) is 6.47. The Morgan fingerprint density at radius 2 is 1.85 bits per heavy atom. The lowest BCUT2D eigenvalue weighted by Crippen LogP contribution is -2.29. The SMILES string of the molecule is Cc1ccn2nc([C@H](C)Nc3ncnc4[nH]cc(Sc5cccc(NS(C)(=O)=O)c5)c34)n(-c3ccccc3)c(=O)c12. The average molecular weight is 587 g/mol. The van der Waals surface area contributed by atoms with Crippen LogP contribution in [0.15, 0.2) is 94.0 Å². The van der Waals surface area contributed by atoms with Gasteiger partial charge in [0.05, 0.1) is 23.4 Å². The van der Waals surface area contributed by atoms with Gasteiger partial charge in [0, 0.05) is 27.9 Å². The van der Waals surface area contributed by atoms with Crippen LogP contribution in [0.5, 0.6) is 0 Å². The van der Waals surface area contributed by atoms with Crippen LogP contribution >= 0.6 is 11.8 Å². The van der Waals surface area contributed by atoms with Crippen molar-refractivity contribution in [3.8, 4) is 5.69 Å². The second-order valence-electron chi connectivity index (χ2n) is 9.60. The molecule has 11 nitrogen and oxygen atoms in total. The number of benzene rings is 2. The van der Waals surface area contributed by atoms with Crippen LogP contribution < -0.4 is 15.6 Å².